The van der Waals surface area contributed by atoms with Gasteiger partial charge in [-0.2, -0.15) is 0 Å². The first-order valence-electron chi connectivity index (χ1n) is 4.62. The second kappa shape index (κ2) is 8.46. The predicted octanol–water partition coefficient (Wildman–Crippen LogP) is -4.21. The van der Waals surface area contributed by atoms with E-state index in [0.717, 1.165) is 6.92 Å². The minimum atomic E-state index is -5.09. The molecule has 12 heteroatoms. The Kier molecular flexibility index (Phi) is 10.1. The van der Waals surface area contributed by atoms with E-state index in [9.17, 15) is 9.13 Å². The summed E-state index contributed by atoms with van der Waals surface area (Å²) in [6, 6.07) is 5.55. The van der Waals surface area contributed by atoms with E-state index in [1.165, 1.54) is 24.3 Å². The molecule has 0 radical (unpaired) electrons. The van der Waals surface area contributed by atoms with Gasteiger partial charge in [-0.05, 0) is 31.2 Å². The molecule has 0 aliphatic rings. The van der Waals surface area contributed by atoms with Gasteiger partial charge in [0.25, 0.3) is 0 Å². The van der Waals surface area contributed by atoms with Crippen LogP contribution >= 0.6 is 26.8 Å². The van der Waals surface area contributed by atoms with Gasteiger partial charge >= 0.3 is 74.3 Å². The SMILES string of the molecule is CC(Nc1ccc(Cl)cc1)(P(=O)(O)O)P(=O)(O)O.[Na+].[Na+]. The maximum Gasteiger partial charge on any atom is 1.00 e. The number of benzene rings is 1. The summed E-state index contributed by atoms with van der Waals surface area (Å²) in [5.74, 6) is 0. The Morgan fingerprint density at radius 1 is 1.00 bits per heavy atom. The minimum Gasteiger partial charge on any atom is -0.359 e. The number of halogens is 1. The maximum atomic E-state index is 11.3. The number of nitrogens with one attached hydrogen (secondary N) is 1. The van der Waals surface area contributed by atoms with E-state index in [4.69, 9.17) is 31.2 Å². The molecule has 102 valence electrons. The van der Waals surface area contributed by atoms with Crippen molar-refractivity contribution in [1.29, 1.82) is 0 Å². The fourth-order valence-corrected chi connectivity index (χ4v) is 3.16. The number of anilines is 1. The molecule has 0 aliphatic heterocycles. The van der Waals surface area contributed by atoms with Crippen molar-refractivity contribution < 1.29 is 87.8 Å². The molecule has 0 amide bonds. The molecule has 0 saturated carbocycles. The van der Waals surface area contributed by atoms with Crippen molar-refractivity contribution in [3.8, 4) is 0 Å². The Morgan fingerprint density at radius 3 is 1.65 bits per heavy atom. The van der Waals surface area contributed by atoms with Gasteiger partial charge in [-0.1, -0.05) is 11.6 Å². The first-order chi connectivity index (χ1) is 7.97. The Hall–Kier alpha value is 1.61. The molecule has 5 N–H and O–H groups in total. The van der Waals surface area contributed by atoms with Gasteiger partial charge in [-0.25, -0.2) is 0 Å². The third kappa shape index (κ3) is 5.67. The van der Waals surface area contributed by atoms with Gasteiger partial charge in [0, 0.05) is 10.7 Å². The summed E-state index contributed by atoms with van der Waals surface area (Å²) < 4.78 is 22.6. The van der Waals surface area contributed by atoms with Crippen LogP contribution in [0.5, 0.6) is 0 Å². The summed E-state index contributed by atoms with van der Waals surface area (Å²) in [6.07, 6.45) is 0. The Morgan fingerprint density at radius 2 is 1.35 bits per heavy atom. The van der Waals surface area contributed by atoms with E-state index in [2.05, 4.69) is 5.32 Å². The summed E-state index contributed by atoms with van der Waals surface area (Å²) >= 11 is 5.63. The Balaban J connectivity index is 0. The zero-order chi connectivity index (χ0) is 14.2. The summed E-state index contributed by atoms with van der Waals surface area (Å²) in [6.45, 7) is 0.767. The van der Waals surface area contributed by atoms with Crippen LogP contribution in [0.15, 0.2) is 24.3 Å². The van der Waals surface area contributed by atoms with Crippen LogP contribution in [0.3, 0.4) is 0 Å². The smallest absolute Gasteiger partial charge is 0.359 e. The third-order valence-electron chi connectivity index (χ3n) is 2.36. The molecule has 0 bridgehead atoms. The van der Waals surface area contributed by atoms with E-state index in [1.54, 1.807) is 0 Å². The van der Waals surface area contributed by atoms with Crippen LogP contribution in [0.4, 0.5) is 5.69 Å². The van der Waals surface area contributed by atoms with Crippen molar-refractivity contribution in [3.63, 3.8) is 0 Å². The molecule has 0 atom stereocenters. The molecular formula is C8H12ClNNa2O6P2+2. The van der Waals surface area contributed by atoms with Gasteiger partial charge in [0.1, 0.15) is 0 Å². The second-order valence-electron chi connectivity index (χ2n) is 3.74. The first kappa shape index (κ1) is 23.9. The van der Waals surface area contributed by atoms with Crippen LogP contribution < -0.4 is 64.4 Å². The Labute approximate surface area is 165 Å². The van der Waals surface area contributed by atoms with Crippen molar-refractivity contribution in [2.24, 2.45) is 0 Å². The molecule has 0 spiro atoms. The molecule has 20 heavy (non-hydrogen) atoms. The molecule has 0 fully saturated rings. The van der Waals surface area contributed by atoms with E-state index < -0.39 is 20.2 Å². The van der Waals surface area contributed by atoms with E-state index in [1.807, 2.05) is 0 Å². The van der Waals surface area contributed by atoms with Crippen molar-refractivity contribution in [3.05, 3.63) is 29.3 Å². The monoisotopic (exact) mass is 361 g/mol. The topological polar surface area (TPSA) is 127 Å². The second-order valence-corrected chi connectivity index (χ2v) is 8.49. The van der Waals surface area contributed by atoms with Gasteiger partial charge in [-0.15, -0.1) is 0 Å². The molecule has 7 nitrogen and oxygen atoms in total. The van der Waals surface area contributed by atoms with E-state index in [0.29, 0.717) is 5.02 Å². The molecule has 0 heterocycles. The van der Waals surface area contributed by atoms with E-state index in [-0.39, 0.29) is 64.8 Å². The van der Waals surface area contributed by atoms with Gasteiger partial charge in [-0.3, -0.25) is 9.13 Å². The normalized spacial score (nSPS) is 12.1. The molecule has 0 aromatic heterocycles. The molecule has 0 saturated heterocycles. The van der Waals surface area contributed by atoms with Gasteiger partial charge in [0.2, 0.25) is 5.02 Å². The summed E-state index contributed by atoms with van der Waals surface area (Å²) in [5.41, 5.74) is 0.133. The van der Waals surface area contributed by atoms with Crippen LogP contribution in [0, 0.1) is 0 Å². The predicted molar refractivity (Wildman–Crippen MR) is 67.6 cm³/mol. The van der Waals surface area contributed by atoms with Crippen molar-refractivity contribution >= 4 is 32.5 Å². The zero-order valence-corrected chi connectivity index (χ0v) is 17.7. The fourth-order valence-electron chi connectivity index (χ4n) is 1.12. The number of rotatable bonds is 4. The maximum absolute atomic E-state index is 11.3. The van der Waals surface area contributed by atoms with E-state index >= 15 is 0 Å². The summed E-state index contributed by atoms with van der Waals surface area (Å²) in [5, 5.41) is -0.125. The molecule has 1 rings (SSSR count). The molecule has 0 aliphatic carbocycles. The fraction of sp³-hybridized carbons (Fsp3) is 0.250. The summed E-state index contributed by atoms with van der Waals surface area (Å²) in [4.78, 5) is 36.5. The summed E-state index contributed by atoms with van der Waals surface area (Å²) in [7, 11) is -10.2. The third-order valence-corrected chi connectivity index (χ3v) is 6.67. The Bertz CT molecular complexity index is 508. The van der Waals surface area contributed by atoms with Crippen LogP contribution in [-0.4, -0.2) is 24.6 Å². The molecule has 1 aromatic rings. The van der Waals surface area contributed by atoms with Crippen LogP contribution in [0.25, 0.3) is 0 Å². The van der Waals surface area contributed by atoms with Gasteiger partial charge in [0.05, 0.1) is 0 Å². The minimum absolute atomic E-state index is 0. The molecule has 0 unspecified atom stereocenters. The number of hydrogen-bond acceptors (Lipinski definition) is 3. The van der Waals surface area contributed by atoms with Crippen LogP contribution in [0.2, 0.25) is 5.02 Å². The average molecular weight is 362 g/mol. The van der Waals surface area contributed by atoms with Gasteiger partial charge in [0.15, 0.2) is 0 Å². The number of hydrogen-bond donors (Lipinski definition) is 5. The van der Waals surface area contributed by atoms with Crippen molar-refractivity contribution in [1.82, 2.24) is 0 Å². The molecule has 1 aromatic carbocycles. The van der Waals surface area contributed by atoms with Crippen LogP contribution in [0.1, 0.15) is 6.92 Å². The quantitative estimate of drug-likeness (QED) is 0.272. The zero-order valence-electron chi connectivity index (χ0n) is 11.2. The standard InChI is InChI=1S/C8H12ClNO6P2.2Na/c1-8(17(11,12)13,18(14,15)16)10-7-4-2-6(9)3-5-7;;/h2-5,10H,1H3,(H2,11,12,13)(H2,14,15,16);;/q;2*+1. The van der Waals surface area contributed by atoms with Gasteiger partial charge < -0.3 is 24.9 Å². The van der Waals surface area contributed by atoms with Crippen LogP contribution in [-0.2, 0) is 9.13 Å². The molecular weight excluding hydrogens is 349 g/mol. The average Bonchev–Trinajstić information content (AvgIpc) is 2.18. The van der Waals surface area contributed by atoms with Crippen molar-refractivity contribution in [2.45, 2.75) is 11.9 Å². The van der Waals surface area contributed by atoms with Crippen molar-refractivity contribution in [2.75, 3.05) is 5.32 Å². The first-order valence-corrected chi connectivity index (χ1v) is 8.23. The largest absolute Gasteiger partial charge is 1.00 e.